The van der Waals surface area contributed by atoms with Crippen molar-refractivity contribution >= 4 is 17.5 Å². The predicted octanol–water partition coefficient (Wildman–Crippen LogP) is -1.07. The molecule has 0 radical (unpaired) electrons. The van der Waals surface area contributed by atoms with Crippen LogP contribution in [0.25, 0.3) is 0 Å². The molecule has 104 valence electrons. The molecule has 1 aromatic carbocycles. The molecule has 0 unspecified atom stereocenters. The fourth-order valence-corrected chi connectivity index (χ4v) is 1.74. The van der Waals surface area contributed by atoms with Crippen LogP contribution < -0.4 is 26.8 Å². The number of benzene rings is 1. The average Bonchev–Trinajstić information content (AvgIpc) is 2.36. The van der Waals surface area contributed by atoms with E-state index in [1.54, 1.807) is 18.2 Å². The molecule has 7 nitrogen and oxygen atoms in total. The van der Waals surface area contributed by atoms with Crippen LogP contribution in [0, 0.1) is 0 Å². The van der Waals surface area contributed by atoms with E-state index in [4.69, 9.17) is 21.9 Å². The van der Waals surface area contributed by atoms with Gasteiger partial charge in [-0.05, 0) is 11.6 Å². The van der Waals surface area contributed by atoms with Crippen molar-refractivity contribution in [2.24, 2.45) is 17.2 Å². The van der Waals surface area contributed by atoms with Gasteiger partial charge in [0.15, 0.2) is 0 Å². The second-order valence-corrected chi connectivity index (χ2v) is 3.99. The maximum atomic E-state index is 11.1. The first kappa shape index (κ1) is 14.8. The van der Waals surface area contributed by atoms with E-state index in [1.165, 1.54) is 12.0 Å². The third-order valence-electron chi connectivity index (χ3n) is 2.55. The minimum absolute atomic E-state index is 0.122. The van der Waals surface area contributed by atoms with Crippen molar-refractivity contribution < 1.29 is 14.3 Å². The molecule has 1 rings (SSSR count). The highest BCUT2D eigenvalue weighted by atomic mass is 16.5. The van der Waals surface area contributed by atoms with Crippen molar-refractivity contribution in [2.45, 2.75) is 6.54 Å². The number of carbonyl (C=O) groups excluding carboxylic acids is 2. The predicted molar refractivity (Wildman–Crippen MR) is 71.5 cm³/mol. The standard InChI is InChI=1S/C12H18N4O3/c1-19-9-3-2-8(5-13)10(4-9)16(6-11(14)17)7-12(15)18/h2-4H,5-7,13H2,1H3,(H2,14,17)(H2,15,18). The Bertz CT molecular complexity index is 460. The third-order valence-corrected chi connectivity index (χ3v) is 2.55. The number of methoxy groups -OCH3 is 1. The first-order valence-corrected chi connectivity index (χ1v) is 5.66. The summed E-state index contributed by atoms with van der Waals surface area (Å²) in [5.74, 6) is -0.537. The van der Waals surface area contributed by atoms with Gasteiger partial charge in [-0.15, -0.1) is 0 Å². The molecule has 0 bridgehead atoms. The Kier molecular flexibility index (Phi) is 5.13. The van der Waals surface area contributed by atoms with E-state index in [2.05, 4.69) is 0 Å². The summed E-state index contributed by atoms with van der Waals surface area (Å²) in [5.41, 5.74) is 17.4. The van der Waals surface area contributed by atoms with E-state index in [0.717, 1.165) is 5.56 Å². The summed E-state index contributed by atoms with van der Waals surface area (Å²) in [6, 6.07) is 5.20. The largest absolute Gasteiger partial charge is 0.497 e. The maximum absolute atomic E-state index is 11.1. The quantitative estimate of drug-likeness (QED) is 0.579. The molecule has 0 aliphatic carbocycles. The highest BCUT2D eigenvalue weighted by Gasteiger charge is 2.16. The fourth-order valence-electron chi connectivity index (χ4n) is 1.74. The fraction of sp³-hybridized carbons (Fsp3) is 0.333. The van der Waals surface area contributed by atoms with Crippen molar-refractivity contribution in [2.75, 3.05) is 25.1 Å². The molecule has 6 N–H and O–H groups in total. The Hall–Kier alpha value is -2.28. The molecule has 0 aliphatic rings. The van der Waals surface area contributed by atoms with Gasteiger partial charge in [0.2, 0.25) is 11.8 Å². The Labute approximate surface area is 111 Å². The maximum Gasteiger partial charge on any atom is 0.236 e. The lowest BCUT2D eigenvalue weighted by molar-refractivity contribution is -0.117. The summed E-state index contributed by atoms with van der Waals surface area (Å²) in [7, 11) is 1.52. The van der Waals surface area contributed by atoms with Gasteiger partial charge in [0.25, 0.3) is 0 Å². The van der Waals surface area contributed by atoms with Gasteiger partial charge in [0.1, 0.15) is 5.75 Å². The van der Waals surface area contributed by atoms with Crippen LogP contribution in [0.1, 0.15) is 5.56 Å². The van der Waals surface area contributed by atoms with Gasteiger partial charge >= 0.3 is 0 Å². The molecule has 2 amide bonds. The molecule has 0 fully saturated rings. The second-order valence-electron chi connectivity index (χ2n) is 3.99. The topological polar surface area (TPSA) is 125 Å². The average molecular weight is 266 g/mol. The lowest BCUT2D eigenvalue weighted by atomic mass is 10.1. The number of rotatable bonds is 7. The van der Waals surface area contributed by atoms with Gasteiger partial charge in [-0.3, -0.25) is 9.59 Å². The van der Waals surface area contributed by atoms with Crippen molar-refractivity contribution in [3.8, 4) is 5.75 Å². The van der Waals surface area contributed by atoms with Gasteiger partial charge < -0.3 is 26.8 Å². The van der Waals surface area contributed by atoms with E-state index < -0.39 is 11.8 Å². The van der Waals surface area contributed by atoms with Crippen molar-refractivity contribution in [1.82, 2.24) is 0 Å². The summed E-state index contributed by atoms with van der Waals surface area (Å²) < 4.78 is 5.11. The Morgan fingerprint density at radius 1 is 1.21 bits per heavy atom. The highest BCUT2D eigenvalue weighted by Crippen LogP contribution is 2.25. The number of carbonyl (C=O) groups is 2. The van der Waals surface area contributed by atoms with E-state index in [-0.39, 0.29) is 19.6 Å². The Balaban J connectivity index is 3.17. The first-order valence-electron chi connectivity index (χ1n) is 5.66. The van der Waals surface area contributed by atoms with E-state index >= 15 is 0 Å². The molecule has 7 heteroatoms. The summed E-state index contributed by atoms with van der Waals surface area (Å²) in [6.07, 6.45) is 0. The molecule has 19 heavy (non-hydrogen) atoms. The molecule has 0 saturated carbocycles. The van der Waals surface area contributed by atoms with Gasteiger partial charge in [0.05, 0.1) is 20.2 Å². The van der Waals surface area contributed by atoms with Gasteiger partial charge in [-0.1, -0.05) is 6.07 Å². The monoisotopic (exact) mass is 266 g/mol. The minimum Gasteiger partial charge on any atom is -0.497 e. The van der Waals surface area contributed by atoms with Crippen LogP contribution in [0.4, 0.5) is 5.69 Å². The molecular formula is C12H18N4O3. The second kappa shape index (κ2) is 6.60. The van der Waals surface area contributed by atoms with Crippen LogP contribution >= 0.6 is 0 Å². The summed E-state index contributed by atoms with van der Waals surface area (Å²) in [5, 5.41) is 0. The first-order chi connectivity index (χ1) is 8.97. The molecule has 1 aromatic rings. The molecule has 0 atom stereocenters. The van der Waals surface area contributed by atoms with Crippen molar-refractivity contribution in [1.29, 1.82) is 0 Å². The van der Waals surface area contributed by atoms with Gasteiger partial charge in [-0.2, -0.15) is 0 Å². The van der Waals surface area contributed by atoms with Gasteiger partial charge in [-0.25, -0.2) is 0 Å². The minimum atomic E-state index is -0.563. The van der Waals surface area contributed by atoms with Crippen LogP contribution in [0.5, 0.6) is 5.75 Å². The van der Waals surface area contributed by atoms with Crippen LogP contribution in [0.15, 0.2) is 18.2 Å². The zero-order valence-electron chi connectivity index (χ0n) is 10.8. The number of nitrogens with two attached hydrogens (primary N) is 3. The SMILES string of the molecule is COc1ccc(CN)c(N(CC(N)=O)CC(N)=O)c1. The highest BCUT2D eigenvalue weighted by molar-refractivity contribution is 5.85. The Morgan fingerprint density at radius 2 is 1.79 bits per heavy atom. The number of hydrogen-bond acceptors (Lipinski definition) is 5. The molecular weight excluding hydrogens is 248 g/mol. The number of amides is 2. The normalized spacial score (nSPS) is 10.0. The van der Waals surface area contributed by atoms with Crippen LogP contribution in [0.3, 0.4) is 0 Å². The molecule has 0 aromatic heterocycles. The lowest BCUT2D eigenvalue weighted by Gasteiger charge is -2.24. The smallest absolute Gasteiger partial charge is 0.236 e. The molecule has 0 heterocycles. The van der Waals surface area contributed by atoms with Crippen LogP contribution in [0.2, 0.25) is 0 Å². The van der Waals surface area contributed by atoms with Crippen LogP contribution in [-0.2, 0) is 16.1 Å². The number of nitrogens with zero attached hydrogens (tertiary/aromatic N) is 1. The van der Waals surface area contributed by atoms with E-state index in [1.807, 2.05) is 0 Å². The molecule has 0 spiro atoms. The molecule has 0 saturated heterocycles. The van der Waals surface area contributed by atoms with E-state index in [0.29, 0.717) is 11.4 Å². The molecule has 0 aliphatic heterocycles. The number of ether oxygens (including phenoxy) is 1. The zero-order chi connectivity index (χ0) is 14.4. The van der Waals surface area contributed by atoms with Crippen molar-refractivity contribution in [3.05, 3.63) is 23.8 Å². The Morgan fingerprint density at radius 3 is 2.21 bits per heavy atom. The van der Waals surface area contributed by atoms with E-state index in [9.17, 15) is 9.59 Å². The zero-order valence-corrected chi connectivity index (χ0v) is 10.8. The lowest BCUT2D eigenvalue weighted by Crippen LogP contribution is -2.40. The van der Waals surface area contributed by atoms with Gasteiger partial charge in [0, 0.05) is 18.3 Å². The summed E-state index contributed by atoms with van der Waals surface area (Å²) in [6.45, 7) is 0.0135. The number of primary amides is 2. The van der Waals surface area contributed by atoms with Crippen LogP contribution in [-0.4, -0.2) is 32.0 Å². The summed E-state index contributed by atoms with van der Waals surface area (Å²) in [4.78, 5) is 23.7. The number of hydrogen-bond donors (Lipinski definition) is 3. The third kappa shape index (κ3) is 4.14. The number of anilines is 1. The van der Waals surface area contributed by atoms with Crippen molar-refractivity contribution in [3.63, 3.8) is 0 Å². The summed E-state index contributed by atoms with van der Waals surface area (Å²) >= 11 is 0.